The fourth-order valence-electron chi connectivity index (χ4n) is 4.05. The van der Waals surface area contributed by atoms with E-state index in [1.165, 1.54) is 28.8 Å². The summed E-state index contributed by atoms with van der Waals surface area (Å²) in [6.45, 7) is 5.95. The van der Waals surface area contributed by atoms with E-state index in [1.54, 1.807) is 66.7 Å². The molecule has 0 bridgehead atoms. The maximum Gasteiger partial charge on any atom is 0.296 e. The number of ether oxygens (including phenoxy) is 1. The Balaban J connectivity index is 1.65. The van der Waals surface area contributed by atoms with Crippen LogP contribution in [0.5, 0.6) is 0 Å². The molecule has 0 radical (unpaired) electrons. The summed E-state index contributed by atoms with van der Waals surface area (Å²) in [6, 6.07) is 18.2. The highest BCUT2D eigenvalue weighted by molar-refractivity contribution is 8.00. The van der Waals surface area contributed by atoms with E-state index in [4.69, 9.17) is 39.5 Å². The van der Waals surface area contributed by atoms with Gasteiger partial charge in [-0.25, -0.2) is 0 Å². The van der Waals surface area contributed by atoms with E-state index in [1.807, 2.05) is 6.92 Å². The molecular weight excluding hydrogens is 579 g/mol. The average molecular weight is 602 g/mol. The molecule has 6 nitrogen and oxygen atoms in total. The zero-order chi connectivity index (χ0) is 28.1. The highest BCUT2D eigenvalue weighted by Gasteiger charge is 2.49. The molecule has 0 aliphatic carbocycles. The minimum absolute atomic E-state index is 0.313. The number of hydrogen-bond acceptors (Lipinski definition) is 5. The van der Waals surface area contributed by atoms with Crippen LogP contribution >= 0.6 is 46.6 Å². The standard InChI is InChI=1S/C29H23Cl3N2O4S/c1-3-38-17(2)7-14-25(35)33-24-16-22(12-13-23(24)32)39-28-26(18-8-10-19(30)11-9-18)34(29(37)27(28)36)21-6-4-5-20(31)15-21/h4-16,26,28H,2-3H2,1H3,(H,33,35). The molecule has 0 saturated carbocycles. The summed E-state index contributed by atoms with van der Waals surface area (Å²) in [4.78, 5) is 41.2. The van der Waals surface area contributed by atoms with Crippen molar-refractivity contribution in [3.63, 3.8) is 0 Å². The fraction of sp³-hybridized carbons (Fsp3) is 0.138. The van der Waals surface area contributed by atoms with Crippen molar-refractivity contribution in [2.45, 2.75) is 23.1 Å². The molecule has 2 amide bonds. The first-order valence-electron chi connectivity index (χ1n) is 11.8. The molecule has 39 heavy (non-hydrogen) atoms. The summed E-state index contributed by atoms with van der Waals surface area (Å²) in [5.41, 5.74) is 1.59. The molecule has 200 valence electrons. The lowest BCUT2D eigenvalue weighted by molar-refractivity contribution is -0.133. The number of nitrogens with one attached hydrogen (secondary N) is 1. The Kier molecular flexibility index (Phi) is 9.40. The van der Waals surface area contributed by atoms with Gasteiger partial charge in [-0.1, -0.05) is 59.6 Å². The van der Waals surface area contributed by atoms with Crippen molar-refractivity contribution in [3.05, 3.63) is 112 Å². The van der Waals surface area contributed by atoms with Gasteiger partial charge in [-0.2, -0.15) is 0 Å². The number of halogens is 3. The highest BCUT2D eigenvalue weighted by atomic mass is 35.5. The molecule has 10 heteroatoms. The van der Waals surface area contributed by atoms with Gasteiger partial charge < -0.3 is 10.1 Å². The molecule has 3 aromatic carbocycles. The number of benzene rings is 3. The number of anilines is 2. The SMILES string of the molecule is C=C(C=CC(=O)Nc1cc(SC2C(=O)C(=O)N(c3cccc(Cl)c3)C2c2ccc(Cl)cc2)ccc1Cl)OCC. The van der Waals surface area contributed by atoms with Crippen molar-refractivity contribution in [1.29, 1.82) is 0 Å². The first-order valence-corrected chi connectivity index (χ1v) is 13.8. The summed E-state index contributed by atoms with van der Waals surface area (Å²) in [6.07, 6.45) is 2.74. The van der Waals surface area contributed by atoms with Gasteiger partial charge in [0.25, 0.3) is 5.91 Å². The van der Waals surface area contributed by atoms with Gasteiger partial charge in [0.2, 0.25) is 11.7 Å². The normalized spacial score (nSPS) is 17.1. The van der Waals surface area contributed by atoms with Crippen molar-refractivity contribution < 1.29 is 19.1 Å². The van der Waals surface area contributed by atoms with Crippen LogP contribution in [0.15, 0.2) is 96.1 Å². The Bertz CT molecular complexity index is 1460. The number of nitrogens with zero attached hydrogens (tertiary/aromatic N) is 1. The van der Waals surface area contributed by atoms with Crippen molar-refractivity contribution >= 4 is 75.5 Å². The van der Waals surface area contributed by atoms with Crippen LogP contribution in [-0.4, -0.2) is 29.5 Å². The Morgan fingerprint density at radius 3 is 2.46 bits per heavy atom. The third-order valence-corrected chi connectivity index (χ3v) is 7.83. The second-order valence-electron chi connectivity index (χ2n) is 8.42. The number of Topliss-reactive ketones (excluding diaryl/α,β-unsaturated/α-hetero) is 1. The van der Waals surface area contributed by atoms with Crippen LogP contribution in [0.2, 0.25) is 15.1 Å². The number of allylic oxidation sites excluding steroid dienone is 1. The van der Waals surface area contributed by atoms with Crippen LogP contribution in [0.1, 0.15) is 18.5 Å². The smallest absolute Gasteiger partial charge is 0.296 e. The van der Waals surface area contributed by atoms with Crippen molar-refractivity contribution in [1.82, 2.24) is 0 Å². The molecule has 1 fully saturated rings. The molecule has 1 aliphatic rings. The molecule has 1 heterocycles. The van der Waals surface area contributed by atoms with E-state index < -0.39 is 28.9 Å². The molecule has 1 N–H and O–H groups in total. The maximum absolute atomic E-state index is 13.4. The Morgan fingerprint density at radius 2 is 1.77 bits per heavy atom. The average Bonchev–Trinajstić information content (AvgIpc) is 3.15. The number of rotatable bonds is 9. The van der Waals surface area contributed by atoms with E-state index in [0.29, 0.717) is 43.7 Å². The van der Waals surface area contributed by atoms with Gasteiger partial charge in [-0.05, 0) is 67.1 Å². The molecular formula is C29H23Cl3N2O4S. The number of thioether (sulfide) groups is 1. The summed E-state index contributed by atoms with van der Waals surface area (Å²) < 4.78 is 5.21. The predicted molar refractivity (Wildman–Crippen MR) is 158 cm³/mol. The van der Waals surface area contributed by atoms with Gasteiger partial charge in [0.1, 0.15) is 11.0 Å². The van der Waals surface area contributed by atoms with Crippen molar-refractivity contribution in [2.75, 3.05) is 16.8 Å². The second kappa shape index (κ2) is 12.7. The first kappa shape index (κ1) is 28.8. The second-order valence-corrected chi connectivity index (χ2v) is 10.9. The lowest BCUT2D eigenvalue weighted by Crippen LogP contribution is -2.29. The Morgan fingerprint density at radius 1 is 1.03 bits per heavy atom. The molecule has 1 saturated heterocycles. The number of carbonyl (C=O) groups is 3. The zero-order valence-electron chi connectivity index (χ0n) is 20.7. The van der Waals surface area contributed by atoms with E-state index in [0.717, 1.165) is 5.56 Å². The highest BCUT2D eigenvalue weighted by Crippen LogP contribution is 2.45. The summed E-state index contributed by atoms with van der Waals surface area (Å²) in [7, 11) is 0. The van der Waals surface area contributed by atoms with Gasteiger partial charge in [0, 0.05) is 26.7 Å². The van der Waals surface area contributed by atoms with E-state index in [9.17, 15) is 14.4 Å². The van der Waals surface area contributed by atoms with Gasteiger partial charge in [-0.3, -0.25) is 19.3 Å². The molecule has 2 unspecified atom stereocenters. The zero-order valence-corrected chi connectivity index (χ0v) is 23.8. The van der Waals surface area contributed by atoms with Crippen molar-refractivity contribution in [3.8, 4) is 0 Å². The quantitative estimate of drug-likeness (QED) is 0.119. The number of ketones is 1. The van der Waals surface area contributed by atoms with E-state index >= 15 is 0 Å². The molecule has 0 aromatic heterocycles. The van der Waals surface area contributed by atoms with Crippen LogP contribution in [0.25, 0.3) is 0 Å². The van der Waals surface area contributed by atoms with Gasteiger partial charge >= 0.3 is 0 Å². The molecule has 3 aromatic rings. The first-order chi connectivity index (χ1) is 18.7. The minimum Gasteiger partial charge on any atom is -0.495 e. The summed E-state index contributed by atoms with van der Waals surface area (Å²) in [5.74, 6) is -1.28. The fourth-order valence-corrected chi connectivity index (χ4v) is 5.76. The third kappa shape index (κ3) is 6.86. The van der Waals surface area contributed by atoms with Gasteiger partial charge in [0.15, 0.2) is 0 Å². The lowest BCUT2D eigenvalue weighted by Gasteiger charge is -2.27. The largest absolute Gasteiger partial charge is 0.495 e. The van der Waals surface area contributed by atoms with Crippen LogP contribution in [0.3, 0.4) is 0 Å². The van der Waals surface area contributed by atoms with Gasteiger partial charge in [-0.15, -0.1) is 11.8 Å². The summed E-state index contributed by atoms with van der Waals surface area (Å²) in [5, 5.41) is 3.22. The number of hydrogen-bond donors (Lipinski definition) is 1. The topological polar surface area (TPSA) is 75.7 Å². The maximum atomic E-state index is 13.4. The number of amides is 2. The molecule has 4 rings (SSSR count). The Labute approximate surface area is 245 Å². The van der Waals surface area contributed by atoms with Crippen LogP contribution in [0, 0.1) is 0 Å². The third-order valence-electron chi connectivity index (χ3n) is 5.76. The van der Waals surface area contributed by atoms with E-state index in [2.05, 4.69) is 11.9 Å². The van der Waals surface area contributed by atoms with Crippen LogP contribution in [0.4, 0.5) is 11.4 Å². The minimum atomic E-state index is -0.795. The lowest BCUT2D eigenvalue weighted by atomic mass is 10.0. The molecule has 2 atom stereocenters. The van der Waals surface area contributed by atoms with Crippen LogP contribution in [-0.2, 0) is 19.1 Å². The molecule has 0 spiro atoms. The predicted octanol–water partition coefficient (Wildman–Crippen LogP) is 7.51. The number of carbonyl (C=O) groups excluding carboxylic acids is 3. The van der Waals surface area contributed by atoms with Crippen molar-refractivity contribution in [2.24, 2.45) is 0 Å². The van der Waals surface area contributed by atoms with E-state index in [-0.39, 0.29) is 0 Å². The van der Waals surface area contributed by atoms with Crippen LogP contribution < -0.4 is 10.2 Å². The monoisotopic (exact) mass is 600 g/mol. The Hall–Kier alpha value is -3.23. The summed E-state index contributed by atoms with van der Waals surface area (Å²) >= 11 is 19.9. The van der Waals surface area contributed by atoms with Gasteiger partial charge in [0.05, 0.1) is 23.4 Å². The molecule has 1 aliphatic heterocycles.